The van der Waals surface area contributed by atoms with Crippen LogP contribution in [0, 0.1) is 0 Å². The van der Waals surface area contributed by atoms with E-state index in [-0.39, 0.29) is 0 Å². The van der Waals surface area contributed by atoms with Crippen molar-refractivity contribution in [3.05, 3.63) is 0 Å². The smallest absolute Gasteiger partial charge is 0.217 e. The largest absolute Gasteiger partial charge is 0.394 e. The number of amides is 3. The van der Waals surface area contributed by atoms with E-state index in [0.717, 1.165) is 20.8 Å². The van der Waals surface area contributed by atoms with Crippen molar-refractivity contribution in [3.63, 3.8) is 0 Å². The first kappa shape index (κ1) is 87.7. The van der Waals surface area contributed by atoms with Crippen LogP contribution >= 0.6 is 0 Å². The van der Waals surface area contributed by atoms with Gasteiger partial charge in [-0.25, -0.2) is 0 Å². The maximum absolute atomic E-state index is 13.6. The van der Waals surface area contributed by atoms with Gasteiger partial charge in [0.1, 0.15) is 207 Å². The molecule has 1 unspecified atom stereocenters. The second-order valence-corrected chi connectivity index (χ2v) is 27.4. The van der Waals surface area contributed by atoms with Gasteiger partial charge in [-0.05, 0) is 13.8 Å². The van der Waals surface area contributed by atoms with Crippen molar-refractivity contribution in [3.8, 4) is 0 Å². The molecular formula is C60H101N3O44. The first-order chi connectivity index (χ1) is 50.6. The van der Waals surface area contributed by atoms with Crippen molar-refractivity contribution < 1.29 is 217 Å². The molecule has 27 N–H and O–H groups in total. The second kappa shape index (κ2) is 37.8. The summed E-state index contributed by atoms with van der Waals surface area (Å²) in [6, 6.07) is -5.86. The highest BCUT2D eigenvalue weighted by molar-refractivity contribution is 5.74. The second-order valence-electron chi connectivity index (χ2n) is 27.4. The van der Waals surface area contributed by atoms with Crippen LogP contribution in [0.4, 0.5) is 0 Å². The summed E-state index contributed by atoms with van der Waals surface area (Å²) in [5.74, 6) is -2.85. The first-order valence-corrected chi connectivity index (χ1v) is 34.4. The topological polar surface area (TPSA) is 730 Å². The summed E-state index contributed by atoms with van der Waals surface area (Å²) in [6.45, 7) is -2.57. The number of hydrogen-bond donors (Lipinski definition) is 27. The normalized spacial score (nSPS) is 50.7. The lowest BCUT2D eigenvalue weighted by atomic mass is 9.93. The fourth-order valence-electron chi connectivity index (χ4n) is 14.0. The molecule has 47 heteroatoms. The minimum Gasteiger partial charge on any atom is -0.394 e. The Morgan fingerprint density at radius 1 is 0.243 bits per heavy atom. The van der Waals surface area contributed by atoms with Crippen LogP contribution in [0.2, 0.25) is 0 Å². The summed E-state index contributed by atoms with van der Waals surface area (Å²) in [6.07, 6.45) is -86.2. The first-order valence-electron chi connectivity index (χ1n) is 34.4. The zero-order chi connectivity index (χ0) is 78.8. The minimum absolute atomic E-state index is 0.857. The molecule has 9 aliphatic rings. The fourth-order valence-corrected chi connectivity index (χ4v) is 14.0. The van der Waals surface area contributed by atoms with E-state index < -0.39 is 340 Å². The number of hydrogen-bond acceptors (Lipinski definition) is 44. The van der Waals surface area contributed by atoms with Crippen molar-refractivity contribution in [2.45, 2.75) is 311 Å². The van der Waals surface area contributed by atoms with Crippen molar-refractivity contribution in [2.24, 2.45) is 0 Å². The Morgan fingerprint density at radius 3 is 0.963 bits per heavy atom. The molecule has 0 radical (unpaired) electrons. The highest BCUT2D eigenvalue weighted by Crippen LogP contribution is 2.41. The van der Waals surface area contributed by atoms with E-state index in [1.54, 1.807) is 0 Å². The molecule has 0 aliphatic carbocycles. The molecule has 9 saturated heterocycles. The Hall–Kier alpha value is -3.23. The van der Waals surface area contributed by atoms with Crippen LogP contribution in [0.15, 0.2) is 0 Å². The Bertz CT molecular complexity index is 2810. The van der Waals surface area contributed by atoms with Crippen LogP contribution in [-0.2, 0) is 94.9 Å². The van der Waals surface area contributed by atoms with Crippen LogP contribution in [0.25, 0.3) is 0 Å². The summed E-state index contributed by atoms with van der Waals surface area (Å²) < 4.78 is 102. The molecule has 9 heterocycles. The molecule has 0 aromatic rings. The van der Waals surface area contributed by atoms with E-state index in [2.05, 4.69) is 16.0 Å². The highest BCUT2D eigenvalue weighted by Gasteiger charge is 2.62. The number of nitrogens with one attached hydrogen (secondary N) is 3. The molecule has 45 atom stereocenters. The molecule has 9 aliphatic heterocycles. The Kier molecular flexibility index (Phi) is 31.0. The third kappa shape index (κ3) is 18.9. The number of aliphatic hydroxyl groups excluding tert-OH is 24. The zero-order valence-electron chi connectivity index (χ0n) is 57.8. The molecule has 0 aromatic carbocycles. The Labute approximate surface area is 606 Å². The van der Waals surface area contributed by atoms with Gasteiger partial charge >= 0.3 is 0 Å². The van der Waals surface area contributed by atoms with E-state index in [0.29, 0.717) is 0 Å². The number of carbonyl (C=O) groups excluding carboxylic acids is 3. The third-order valence-corrected chi connectivity index (χ3v) is 19.9. The van der Waals surface area contributed by atoms with Crippen molar-refractivity contribution in [1.29, 1.82) is 0 Å². The monoisotopic (exact) mass is 1570 g/mol. The minimum atomic E-state index is -2.36. The average molecular weight is 1570 g/mol. The fraction of sp³-hybridized carbons (Fsp3) is 0.950. The SMILES string of the molecule is CC(=O)N[C@H]1[C@H](O[C@H]2[C@@H](O)[C@@H](CO)O[C@@H](O[C@H]3[C@H](O)[C@@H](O)C(O)O[C@@H]3CO)[C@@H]2O)O[C@H](CO)[C@@H](O[C@@H]2O[C@H](CO)[C@H](O)[C@H](O[C@H]3O[C@H](CO)[C@H](O)[C@H](O[C@@H]4O[C@H](CO)[C@H](O)[C@H](O[C@H]5O[C@H](CO)[C@H](O)[C@H](O)[C@H]5NC(C)=O)[C@H]4O[C@@H]4O[C@@H](C)[C@@H](O)[C@@H](O)[C@@H]4O)[C@H]3NC(C)=O)[C@H]2O[C@@H]2O[C@@H](C)[C@@H](O)[C@@H](O)[C@@H]2O)[C@@H]1O. The molecule has 47 nitrogen and oxygen atoms in total. The average Bonchev–Trinajstić information content (AvgIpc) is 0.763. The number of rotatable bonds is 26. The summed E-state index contributed by atoms with van der Waals surface area (Å²) in [5, 5.41) is 274. The number of aliphatic hydroxyl groups is 24. The van der Waals surface area contributed by atoms with E-state index in [1.807, 2.05) is 0 Å². The van der Waals surface area contributed by atoms with Gasteiger partial charge in [-0.3, -0.25) is 14.4 Å². The van der Waals surface area contributed by atoms with Gasteiger partial charge in [0.25, 0.3) is 0 Å². The number of carbonyl (C=O) groups is 3. The van der Waals surface area contributed by atoms with Gasteiger partial charge in [-0.2, -0.15) is 0 Å². The summed E-state index contributed by atoms with van der Waals surface area (Å²) in [7, 11) is 0. The summed E-state index contributed by atoms with van der Waals surface area (Å²) in [4.78, 5) is 39.2. The van der Waals surface area contributed by atoms with Gasteiger partial charge in [0.15, 0.2) is 56.6 Å². The molecule has 9 rings (SSSR count). The highest BCUT2D eigenvalue weighted by atomic mass is 16.8. The lowest BCUT2D eigenvalue weighted by molar-refractivity contribution is -0.409. The summed E-state index contributed by atoms with van der Waals surface area (Å²) in [5.41, 5.74) is 0. The molecule has 0 saturated carbocycles. The van der Waals surface area contributed by atoms with E-state index >= 15 is 0 Å². The number of ether oxygens (including phenoxy) is 17. The van der Waals surface area contributed by atoms with E-state index in [1.165, 1.54) is 13.8 Å². The van der Waals surface area contributed by atoms with Crippen LogP contribution in [0.3, 0.4) is 0 Å². The van der Waals surface area contributed by atoms with Crippen LogP contribution < -0.4 is 16.0 Å². The third-order valence-electron chi connectivity index (χ3n) is 19.9. The maximum Gasteiger partial charge on any atom is 0.217 e. The molecule has 0 aromatic heterocycles. The Balaban J connectivity index is 1.07. The van der Waals surface area contributed by atoms with E-state index in [9.17, 15) is 137 Å². The van der Waals surface area contributed by atoms with E-state index in [4.69, 9.17) is 80.5 Å². The van der Waals surface area contributed by atoms with Crippen molar-refractivity contribution in [1.82, 2.24) is 16.0 Å². The van der Waals surface area contributed by atoms with Crippen LogP contribution in [0.5, 0.6) is 0 Å². The Morgan fingerprint density at radius 2 is 0.533 bits per heavy atom. The lowest BCUT2D eigenvalue weighted by Gasteiger charge is -2.52. The van der Waals surface area contributed by atoms with Crippen molar-refractivity contribution in [2.75, 3.05) is 46.2 Å². The zero-order valence-corrected chi connectivity index (χ0v) is 57.8. The van der Waals surface area contributed by atoms with Gasteiger partial charge in [-0.1, -0.05) is 0 Å². The molecule has 107 heavy (non-hydrogen) atoms. The molecule has 0 spiro atoms. The van der Waals surface area contributed by atoms with Crippen molar-refractivity contribution >= 4 is 17.7 Å². The molecule has 620 valence electrons. The van der Waals surface area contributed by atoms with Gasteiger partial charge < -0.3 is 219 Å². The van der Waals surface area contributed by atoms with Crippen LogP contribution in [-0.4, -0.2) is 463 Å². The van der Waals surface area contributed by atoms with Gasteiger partial charge in [0, 0.05) is 20.8 Å². The summed E-state index contributed by atoms with van der Waals surface area (Å²) >= 11 is 0. The predicted molar refractivity (Wildman–Crippen MR) is 329 cm³/mol. The maximum atomic E-state index is 13.6. The standard InChI is InChI=1S/C60H101N3O44/c1-13-28(74)37(83)41(87)56(91-13)106-50-49(34(80)21(9-67)97-59(50)101-44-24(12-70)99-54(26(36(44)82)62-16(4)72)103-47-32(78)20(8-66)96-58(43(47)89)100-45-23(11-69)93-52(90)40(86)39(45)85)105-55-27(63-17(5)73)46(31(77)19(7-65)95-55)102-60-51(107-57-42(88)38(84)29(75)14(2)92-57)48(33(79)22(10-68)98-60)104-53-25(61-15(3)71)35(81)30(76)18(6-64)94-53/h13-14,18-60,64-70,74-90H,6-12H2,1-5H3,(H,61,71)(H,62,72)(H,63,73)/t13-,14-,18+,19+,20+,21+,22+,23+,24+,25+,26+,27+,28+,29+,30-,31-,32-,33-,34-,35+,36+,37+,38+,39+,40+,41-,42-,43+,44+,45+,46+,47-,48-,49-,50+,51+,52?,53+,54-,55+,56-,57-,58-,59-,60-/m0/s1. The molecule has 9 fully saturated rings. The molecular weight excluding hydrogens is 1470 g/mol. The molecule has 3 amide bonds. The lowest BCUT2D eigenvalue weighted by Crippen LogP contribution is -2.72. The predicted octanol–water partition coefficient (Wildman–Crippen LogP) is -18.1. The van der Waals surface area contributed by atoms with Gasteiger partial charge in [0.05, 0.1) is 58.5 Å². The quantitative estimate of drug-likeness (QED) is 0.0382. The van der Waals surface area contributed by atoms with Gasteiger partial charge in [0.2, 0.25) is 17.7 Å². The van der Waals surface area contributed by atoms with Crippen LogP contribution in [0.1, 0.15) is 34.6 Å². The molecule has 0 bridgehead atoms. The van der Waals surface area contributed by atoms with Gasteiger partial charge in [-0.15, -0.1) is 0 Å².